The van der Waals surface area contributed by atoms with Gasteiger partial charge in [0.1, 0.15) is 0 Å². The van der Waals surface area contributed by atoms with Crippen molar-refractivity contribution in [3.63, 3.8) is 0 Å². The molecule has 3 rings (SSSR count). The molecule has 7 heteroatoms. The van der Waals surface area contributed by atoms with Gasteiger partial charge in [0.25, 0.3) is 5.91 Å². The van der Waals surface area contributed by atoms with Crippen LogP contribution in [-0.4, -0.2) is 23.7 Å². The first-order chi connectivity index (χ1) is 10.1. The van der Waals surface area contributed by atoms with Gasteiger partial charge in [-0.25, -0.2) is 0 Å². The van der Waals surface area contributed by atoms with Gasteiger partial charge < -0.3 is 15.6 Å². The Morgan fingerprint density at radius 1 is 1.45 bits per heavy atom. The largest absolute Gasteiger partial charge is 0.355 e. The Balaban J connectivity index is 0.00000176. The minimum atomic E-state index is -0.275. The van der Waals surface area contributed by atoms with E-state index in [2.05, 4.69) is 10.5 Å². The summed E-state index contributed by atoms with van der Waals surface area (Å²) in [4.78, 5) is 12.0. The van der Waals surface area contributed by atoms with Gasteiger partial charge in [0.2, 0.25) is 0 Å². The molecule has 0 bridgehead atoms. The molecule has 1 saturated carbocycles. The first-order valence-corrected chi connectivity index (χ1v) is 7.28. The molecule has 1 aliphatic carbocycles. The highest BCUT2D eigenvalue weighted by Gasteiger charge is 2.28. The highest BCUT2D eigenvalue weighted by Crippen LogP contribution is 2.31. The molecule has 0 spiro atoms. The lowest BCUT2D eigenvalue weighted by Crippen LogP contribution is -2.38. The number of halogens is 2. The van der Waals surface area contributed by atoms with Crippen molar-refractivity contribution in [3.05, 3.63) is 41.0 Å². The molecule has 0 aliphatic heterocycles. The van der Waals surface area contributed by atoms with E-state index in [1.54, 1.807) is 18.2 Å². The Kier molecular flexibility index (Phi) is 5.45. The van der Waals surface area contributed by atoms with Gasteiger partial charge in [-0.2, -0.15) is 0 Å². The van der Waals surface area contributed by atoms with Crippen LogP contribution in [0.2, 0.25) is 5.02 Å². The number of nitrogens with one attached hydrogen (secondary N) is 1. The summed E-state index contributed by atoms with van der Waals surface area (Å²) in [6.07, 6.45) is 2.31. The van der Waals surface area contributed by atoms with Gasteiger partial charge in [-0.15, -0.1) is 12.4 Å². The maximum atomic E-state index is 12.0. The van der Waals surface area contributed by atoms with E-state index >= 15 is 0 Å². The lowest BCUT2D eigenvalue weighted by Gasteiger charge is -2.09. The van der Waals surface area contributed by atoms with E-state index in [1.807, 2.05) is 12.1 Å². The Morgan fingerprint density at radius 2 is 2.23 bits per heavy atom. The average molecular weight is 342 g/mol. The molecule has 118 valence electrons. The minimum absolute atomic E-state index is 0. The smallest absolute Gasteiger partial charge is 0.273 e. The summed E-state index contributed by atoms with van der Waals surface area (Å²) in [7, 11) is 0. The van der Waals surface area contributed by atoms with Gasteiger partial charge in [-0.05, 0) is 30.9 Å². The Bertz CT molecular complexity index is 656. The number of benzene rings is 1. The average Bonchev–Trinajstić information content (AvgIpc) is 3.21. The first kappa shape index (κ1) is 16.8. The number of nitrogens with two attached hydrogens (primary N) is 1. The highest BCUT2D eigenvalue weighted by molar-refractivity contribution is 6.30. The zero-order chi connectivity index (χ0) is 14.8. The Labute approximate surface area is 139 Å². The molecular weight excluding hydrogens is 325 g/mol. The minimum Gasteiger partial charge on any atom is -0.355 e. The maximum absolute atomic E-state index is 12.0. The summed E-state index contributed by atoms with van der Waals surface area (Å²) in [6, 6.07) is 8.81. The third-order valence-electron chi connectivity index (χ3n) is 3.58. The van der Waals surface area contributed by atoms with Crippen molar-refractivity contribution < 1.29 is 9.32 Å². The topological polar surface area (TPSA) is 81.1 Å². The third kappa shape index (κ3) is 4.00. The first-order valence-electron chi connectivity index (χ1n) is 6.90. The van der Waals surface area contributed by atoms with Crippen molar-refractivity contribution in [1.82, 2.24) is 10.5 Å². The number of carbonyl (C=O) groups excluding carboxylic acids is 1. The van der Waals surface area contributed by atoms with Crippen molar-refractivity contribution in [1.29, 1.82) is 0 Å². The second-order valence-electron chi connectivity index (χ2n) is 5.30. The molecule has 1 aromatic heterocycles. The fourth-order valence-corrected chi connectivity index (χ4v) is 2.34. The van der Waals surface area contributed by atoms with Gasteiger partial charge in [-0.1, -0.05) is 28.9 Å². The SMILES string of the molecule is Cl.NC(CNC(=O)c1cc(-c2cccc(Cl)c2)on1)C1CC1. The molecule has 0 radical (unpaired) electrons. The van der Waals surface area contributed by atoms with Crippen LogP contribution in [0.15, 0.2) is 34.9 Å². The monoisotopic (exact) mass is 341 g/mol. The van der Waals surface area contributed by atoms with Gasteiger partial charge >= 0.3 is 0 Å². The van der Waals surface area contributed by atoms with Gasteiger partial charge in [0.05, 0.1) is 0 Å². The van der Waals surface area contributed by atoms with Gasteiger partial charge in [-0.3, -0.25) is 4.79 Å². The summed E-state index contributed by atoms with van der Waals surface area (Å²) < 4.78 is 5.19. The maximum Gasteiger partial charge on any atom is 0.273 e. The molecule has 1 aromatic carbocycles. The quantitative estimate of drug-likeness (QED) is 0.875. The predicted octanol–water partition coefficient (Wildman–Crippen LogP) is 2.88. The Hall–Kier alpha value is -1.56. The molecule has 1 aliphatic rings. The number of amides is 1. The number of hydrogen-bond donors (Lipinski definition) is 2. The highest BCUT2D eigenvalue weighted by atomic mass is 35.5. The van der Waals surface area contributed by atoms with Gasteiger partial charge in [0, 0.05) is 29.2 Å². The Morgan fingerprint density at radius 3 is 2.91 bits per heavy atom. The van der Waals surface area contributed by atoms with Crippen LogP contribution in [0.3, 0.4) is 0 Å². The summed E-state index contributed by atoms with van der Waals surface area (Å²) >= 11 is 5.93. The molecule has 1 fully saturated rings. The summed E-state index contributed by atoms with van der Waals surface area (Å²) in [5.74, 6) is 0.780. The van der Waals surface area contributed by atoms with Crippen LogP contribution >= 0.6 is 24.0 Å². The van der Waals surface area contributed by atoms with E-state index < -0.39 is 0 Å². The molecule has 1 atom stereocenters. The fourth-order valence-electron chi connectivity index (χ4n) is 2.15. The molecule has 1 unspecified atom stereocenters. The normalized spacial score (nSPS) is 15.0. The zero-order valence-corrected chi connectivity index (χ0v) is 13.4. The molecule has 0 saturated heterocycles. The van der Waals surface area contributed by atoms with E-state index in [1.165, 1.54) is 0 Å². The van der Waals surface area contributed by atoms with Crippen LogP contribution in [0.4, 0.5) is 0 Å². The second-order valence-corrected chi connectivity index (χ2v) is 5.73. The molecular formula is C15H17Cl2N3O2. The summed E-state index contributed by atoms with van der Waals surface area (Å²) in [5.41, 5.74) is 6.97. The summed E-state index contributed by atoms with van der Waals surface area (Å²) in [5, 5.41) is 7.18. The van der Waals surface area contributed by atoms with Crippen LogP contribution in [0.1, 0.15) is 23.3 Å². The number of carbonyl (C=O) groups is 1. The van der Waals surface area contributed by atoms with Crippen molar-refractivity contribution >= 4 is 29.9 Å². The van der Waals surface area contributed by atoms with Crippen LogP contribution in [-0.2, 0) is 0 Å². The molecule has 2 aromatic rings. The van der Waals surface area contributed by atoms with E-state index in [4.69, 9.17) is 21.9 Å². The zero-order valence-electron chi connectivity index (χ0n) is 11.8. The number of hydrogen-bond acceptors (Lipinski definition) is 4. The van der Waals surface area contributed by atoms with E-state index in [0.717, 1.165) is 18.4 Å². The van der Waals surface area contributed by atoms with Crippen molar-refractivity contribution in [2.75, 3.05) is 6.54 Å². The van der Waals surface area contributed by atoms with Gasteiger partial charge in [0.15, 0.2) is 11.5 Å². The van der Waals surface area contributed by atoms with E-state index in [9.17, 15) is 4.79 Å². The van der Waals surface area contributed by atoms with Crippen LogP contribution in [0.25, 0.3) is 11.3 Å². The lowest BCUT2D eigenvalue weighted by molar-refractivity contribution is 0.0941. The molecule has 1 amide bonds. The number of aromatic nitrogens is 1. The van der Waals surface area contributed by atoms with E-state index in [-0.39, 0.29) is 30.0 Å². The molecule has 5 nitrogen and oxygen atoms in total. The van der Waals surface area contributed by atoms with Crippen molar-refractivity contribution in [2.24, 2.45) is 11.7 Å². The van der Waals surface area contributed by atoms with Crippen molar-refractivity contribution in [2.45, 2.75) is 18.9 Å². The molecule has 3 N–H and O–H groups in total. The molecule has 22 heavy (non-hydrogen) atoms. The summed E-state index contributed by atoms with van der Waals surface area (Å²) in [6.45, 7) is 0.461. The lowest BCUT2D eigenvalue weighted by atomic mass is 10.1. The fraction of sp³-hybridized carbons (Fsp3) is 0.333. The third-order valence-corrected chi connectivity index (χ3v) is 3.81. The van der Waals surface area contributed by atoms with E-state index in [0.29, 0.717) is 23.2 Å². The molecule has 1 heterocycles. The number of rotatable bonds is 5. The predicted molar refractivity (Wildman–Crippen MR) is 87.2 cm³/mol. The van der Waals surface area contributed by atoms with Crippen LogP contribution < -0.4 is 11.1 Å². The van der Waals surface area contributed by atoms with Crippen molar-refractivity contribution in [3.8, 4) is 11.3 Å². The van der Waals surface area contributed by atoms with Crippen LogP contribution in [0, 0.1) is 5.92 Å². The second kappa shape index (κ2) is 7.13. The van der Waals surface area contributed by atoms with Crippen LogP contribution in [0.5, 0.6) is 0 Å². The number of nitrogens with zero attached hydrogens (tertiary/aromatic N) is 1. The standard InChI is InChI=1S/C15H16ClN3O2.ClH/c16-11-3-1-2-10(6-11)14-7-13(19-21-14)15(20)18-8-12(17)9-4-5-9;/h1-3,6-7,9,12H,4-5,8,17H2,(H,18,20);1H.